The van der Waals surface area contributed by atoms with E-state index in [1.165, 1.54) is 33.4 Å². The van der Waals surface area contributed by atoms with Crippen LogP contribution in [0.15, 0.2) is 243 Å². The summed E-state index contributed by atoms with van der Waals surface area (Å²) in [6, 6.07) is 69.5. The van der Waals surface area contributed by atoms with Gasteiger partial charge in [0.2, 0.25) is 0 Å². The van der Waals surface area contributed by atoms with Crippen LogP contribution in [0.5, 0.6) is 0 Å². The Morgan fingerprint density at radius 2 is 0.561 bits per heavy atom. The molecule has 0 saturated carbocycles. The fraction of sp³-hybridized carbons (Fsp3) is 0.0625. The maximum Gasteiger partial charge on any atom is 0.0490 e. The third kappa shape index (κ3) is 11.7. The SMILES string of the molecule is Cc1ccc(N(c2ccc(C=CC=CC=Cc3ccccc3)cc2)c2ccc(-c3ccc(N(c4ccc(C=CC=CC=Cc5ccccc5)cc4)c4ccc(C)cc4C)cc3)cc2)c(C)c1. The maximum absolute atomic E-state index is 2.35. The smallest absolute Gasteiger partial charge is 0.0490 e. The van der Waals surface area contributed by atoms with E-state index in [1.54, 1.807) is 0 Å². The largest absolute Gasteiger partial charge is 0.310 e. The van der Waals surface area contributed by atoms with Gasteiger partial charge < -0.3 is 9.80 Å². The molecule has 8 rings (SSSR count). The van der Waals surface area contributed by atoms with Crippen molar-refractivity contribution in [3.05, 3.63) is 287 Å². The van der Waals surface area contributed by atoms with Crippen LogP contribution in [0.4, 0.5) is 34.1 Å². The lowest BCUT2D eigenvalue weighted by atomic mass is 10.0. The first kappa shape index (κ1) is 44.4. The van der Waals surface area contributed by atoms with Crippen LogP contribution < -0.4 is 9.80 Å². The van der Waals surface area contributed by atoms with Crippen molar-refractivity contribution in [3.63, 3.8) is 0 Å². The summed E-state index contributed by atoms with van der Waals surface area (Å²) in [6.07, 6.45) is 25.1. The molecule has 0 aliphatic rings. The third-order valence-electron chi connectivity index (χ3n) is 11.5. The van der Waals surface area contributed by atoms with E-state index in [2.05, 4.69) is 292 Å². The van der Waals surface area contributed by atoms with Crippen molar-refractivity contribution >= 4 is 58.4 Å². The second-order valence-corrected chi connectivity index (χ2v) is 16.6. The average Bonchev–Trinajstić information content (AvgIpc) is 3.35. The van der Waals surface area contributed by atoms with Crippen molar-refractivity contribution in [2.24, 2.45) is 0 Å². The van der Waals surface area contributed by atoms with Crippen LogP contribution in [0.1, 0.15) is 44.5 Å². The first-order valence-electron chi connectivity index (χ1n) is 22.7. The van der Waals surface area contributed by atoms with E-state index in [0.29, 0.717) is 0 Å². The molecule has 0 saturated heterocycles. The molecule has 0 unspecified atom stereocenters. The van der Waals surface area contributed by atoms with Crippen LogP contribution in [-0.2, 0) is 0 Å². The highest BCUT2D eigenvalue weighted by atomic mass is 15.1. The number of nitrogens with zero attached hydrogens (tertiary/aromatic N) is 2. The summed E-state index contributed by atoms with van der Waals surface area (Å²) in [7, 11) is 0. The van der Waals surface area contributed by atoms with Crippen molar-refractivity contribution < 1.29 is 0 Å². The van der Waals surface area contributed by atoms with E-state index in [1.807, 2.05) is 12.1 Å². The molecule has 0 amide bonds. The molecule has 322 valence electrons. The van der Waals surface area contributed by atoms with Gasteiger partial charge in [-0.25, -0.2) is 0 Å². The monoisotopic (exact) mass is 852 g/mol. The van der Waals surface area contributed by atoms with Gasteiger partial charge in [0.15, 0.2) is 0 Å². The molecule has 2 heteroatoms. The summed E-state index contributed by atoms with van der Waals surface area (Å²) in [6.45, 7) is 8.69. The van der Waals surface area contributed by atoms with E-state index in [-0.39, 0.29) is 0 Å². The summed E-state index contributed by atoms with van der Waals surface area (Å²) in [5.74, 6) is 0. The Hall–Kier alpha value is -8.20. The molecule has 0 heterocycles. The van der Waals surface area contributed by atoms with Gasteiger partial charge in [-0.15, -0.1) is 0 Å². The Labute approximate surface area is 392 Å². The molecule has 0 fully saturated rings. The molecule has 0 radical (unpaired) electrons. The Balaban J connectivity index is 1.00. The van der Waals surface area contributed by atoms with Gasteiger partial charge in [0.1, 0.15) is 0 Å². The topological polar surface area (TPSA) is 6.48 Å². The Kier molecular flexibility index (Phi) is 14.8. The second kappa shape index (κ2) is 21.9. The number of hydrogen-bond acceptors (Lipinski definition) is 2. The van der Waals surface area contributed by atoms with Crippen LogP contribution >= 0.6 is 0 Å². The van der Waals surface area contributed by atoms with Crippen molar-refractivity contribution in [1.29, 1.82) is 0 Å². The number of benzene rings is 8. The van der Waals surface area contributed by atoms with Gasteiger partial charge in [0.25, 0.3) is 0 Å². The van der Waals surface area contributed by atoms with Gasteiger partial charge >= 0.3 is 0 Å². The van der Waals surface area contributed by atoms with E-state index >= 15 is 0 Å². The van der Waals surface area contributed by atoms with Crippen LogP contribution in [0, 0.1) is 27.7 Å². The Bertz CT molecular complexity index is 2790. The van der Waals surface area contributed by atoms with E-state index in [0.717, 1.165) is 56.4 Å². The zero-order valence-corrected chi connectivity index (χ0v) is 38.3. The fourth-order valence-electron chi connectivity index (χ4n) is 8.09. The minimum absolute atomic E-state index is 1.11. The second-order valence-electron chi connectivity index (χ2n) is 16.6. The van der Waals surface area contributed by atoms with E-state index in [9.17, 15) is 0 Å². The lowest BCUT2D eigenvalue weighted by Gasteiger charge is -2.28. The molecule has 0 bridgehead atoms. The fourth-order valence-corrected chi connectivity index (χ4v) is 8.09. The Morgan fingerprint density at radius 1 is 0.273 bits per heavy atom. The zero-order chi connectivity index (χ0) is 45.5. The van der Waals surface area contributed by atoms with E-state index in [4.69, 9.17) is 0 Å². The summed E-state index contributed by atoms with van der Waals surface area (Å²) in [5.41, 5.74) is 18.7. The van der Waals surface area contributed by atoms with Crippen LogP contribution in [0.2, 0.25) is 0 Å². The van der Waals surface area contributed by atoms with Gasteiger partial charge in [0.05, 0.1) is 0 Å². The van der Waals surface area contributed by atoms with Gasteiger partial charge in [-0.05, 0) is 133 Å². The third-order valence-corrected chi connectivity index (χ3v) is 11.5. The first-order valence-corrected chi connectivity index (χ1v) is 22.7. The molecule has 0 N–H and O–H groups in total. The molecule has 0 aliphatic heterocycles. The molecule has 8 aromatic carbocycles. The quantitative estimate of drug-likeness (QED) is 0.0948. The molecule has 2 nitrogen and oxygen atoms in total. The lowest BCUT2D eigenvalue weighted by molar-refractivity contribution is 1.23. The summed E-state index contributed by atoms with van der Waals surface area (Å²) >= 11 is 0. The van der Waals surface area contributed by atoms with Gasteiger partial charge in [-0.2, -0.15) is 0 Å². The number of rotatable bonds is 15. The summed E-state index contributed by atoms with van der Waals surface area (Å²) in [4.78, 5) is 4.71. The van der Waals surface area contributed by atoms with Crippen molar-refractivity contribution in [1.82, 2.24) is 0 Å². The lowest BCUT2D eigenvalue weighted by Crippen LogP contribution is -2.11. The molecule has 0 aromatic heterocycles. The predicted molar refractivity (Wildman–Crippen MR) is 287 cm³/mol. The van der Waals surface area contributed by atoms with E-state index < -0.39 is 0 Å². The standard InChI is InChI=1S/C64H56N2/c1-49-27-45-63(51(3)47-49)65(59-37-29-55(30-38-59)25-13-7-5-11-19-53-21-15-9-16-22-53)61-41-33-57(34-42-61)58-35-43-62(44-36-58)66(64-46-28-50(2)48-52(64)4)60-39-31-56(32-40-60)26-14-8-6-12-20-54-23-17-10-18-24-54/h5-48H,1-4H3. The van der Waals surface area contributed by atoms with Gasteiger partial charge in [0, 0.05) is 34.1 Å². The highest BCUT2D eigenvalue weighted by Crippen LogP contribution is 2.40. The van der Waals surface area contributed by atoms with Crippen molar-refractivity contribution in [3.8, 4) is 11.1 Å². The predicted octanol–water partition coefficient (Wildman–Crippen LogP) is 18.1. The minimum Gasteiger partial charge on any atom is -0.310 e. The number of anilines is 6. The van der Waals surface area contributed by atoms with Crippen LogP contribution in [0.3, 0.4) is 0 Å². The van der Waals surface area contributed by atoms with Gasteiger partial charge in [-0.1, -0.05) is 217 Å². The highest BCUT2D eigenvalue weighted by molar-refractivity contribution is 5.83. The molecule has 8 aromatic rings. The normalized spacial score (nSPS) is 11.9. The number of hydrogen-bond donors (Lipinski definition) is 0. The average molecular weight is 853 g/mol. The van der Waals surface area contributed by atoms with Crippen LogP contribution in [0.25, 0.3) is 35.4 Å². The zero-order valence-electron chi connectivity index (χ0n) is 38.3. The number of aryl methyl sites for hydroxylation is 4. The Morgan fingerprint density at radius 3 is 0.864 bits per heavy atom. The van der Waals surface area contributed by atoms with Crippen molar-refractivity contribution in [2.75, 3.05) is 9.80 Å². The molecule has 0 atom stereocenters. The summed E-state index contributed by atoms with van der Waals surface area (Å²) < 4.78 is 0. The first-order chi connectivity index (χ1) is 32.4. The number of allylic oxidation sites excluding steroid dienone is 8. The summed E-state index contributed by atoms with van der Waals surface area (Å²) in [5, 5.41) is 0. The highest BCUT2D eigenvalue weighted by Gasteiger charge is 2.17. The van der Waals surface area contributed by atoms with Crippen molar-refractivity contribution in [2.45, 2.75) is 27.7 Å². The maximum atomic E-state index is 2.35. The molecular formula is C64H56N2. The van der Waals surface area contributed by atoms with Crippen LogP contribution in [-0.4, -0.2) is 0 Å². The molecule has 0 spiro atoms. The molecule has 0 aliphatic carbocycles. The minimum atomic E-state index is 1.11. The van der Waals surface area contributed by atoms with Gasteiger partial charge in [-0.3, -0.25) is 0 Å². The molecular weight excluding hydrogens is 797 g/mol. The molecule has 66 heavy (non-hydrogen) atoms.